The molecule has 4 heterocycles. The molecule has 2 saturated heterocycles. The Hall–Kier alpha value is -2.61. The van der Waals surface area contributed by atoms with Gasteiger partial charge in [-0.25, -0.2) is 4.98 Å². The molecule has 1 spiro atoms. The van der Waals surface area contributed by atoms with Gasteiger partial charge in [-0.3, -0.25) is 9.78 Å². The molecule has 8 heteroatoms. The lowest BCUT2D eigenvalue weighted by atomic mass is 9.79. The number of nitrogens with zero attached hydrogens (tertiary/aromatic N) is 5. The Kier molecular flexibility index (Phi) is 4.75. The van der Waals surface area contributed by atoms with E-state index in [0.29, 0.717) is 37.1 Å². The van der Waals surface area contributed by atoms with Crippen LogP contribution in [0.15, 0.2) is 37.1 Å². The third-order valence-corrected chi connectivity index (χ3v) is 4.99. The van der Waals surface area contributed by atoms with Crippen LogP contribution in [0.25, 0.3) is 0 Å². The number of hydrogen-bond acceptors (Lipinski definition) is 7. The van der Waals surface area contributed by atoms with Crippen molar-refractivity contribution < 1.29 is 14.3 Å². The second-order valence-electron chi connectivity index (χ2n) is 6.86. The SMILES string of the molecule is O=C(c1ccnnc1)N1CC2(C[C@H](CCOc3cnccn3)CCO2)C1. The van der Waals surface area contributed by atoms with Crippen LogP contribution in [0, 0.1) is 5.92 Å². The van der Waals surface area contributed by atoms with Crippen LogP contribution in [0.2, 0.25) is 0 Å². The fourth-order valence-corrected chi connectivity index (χ4v) is 3.68. The van der Waals surface area contributed by atoms with Gasteiger partial charge in [0.2, 0.25) is 5.88 Å². The average molecular weight is 355 g/mol. The van der Waals surface area contributed by atoms with E-state index < -0.39 is 0 Å². The van der Waals surface area contributed by atoms with Gasteiger partial charge >= 0.3 is 0 Å². The average Bonchev–Trinajstić information content (AvgIpc) is 2.67. The molecule has 0 saturated carbocycles. The number of aromatic nitrogens is 4. The Bertz CT molecular complexity index is 737. The van der Waals surface area contributed by atoms with E-state index in [0.717, 1.165) is 25.9 Å². The summed E-state index contributed by atoms with van der Waals surface area (Å²) in [6, 6.07) is 1.69. The third-order valence-electron chi connectivity index (χ3n) is 4.99. The standard InChI is InChI=1S/C18H21N5O3/c24-17(15-1-4-21-22-10-15)23-12-18(13-23)9-14(3-8-26-18)2-7-25-16-11-19-5-6-20-16/h1,4-6,10-11,14H,2-3,7-9,12-13H2/t14-/m1/s1. The number of ether oxygens (including phenoxy) is 2. The number of amides is 1. The third kappa shape index (κ3) is 3.65. The highest BCUT2D eigenvalue weighted by Gasteiger charge is 2.49. The molecule has 2 aromatic heterocycles. The van der Waals surface area contributed by atoms with E-state index in [-0.39, 0.29) is 11.5 Å². The minimum absolute atomic E-state index is 0.0118. The van der Waals surface area contributed by atoms with Crippen LogP contribution in [0.3, 0.4) is 0 Å². The number of carbonyl (C=O) groups excluding carboxylic acids is 1. The summed E-state index contributed by atoms with van der Waals surface area (Å²) in [7, 11) is 0. The summed E-state index contributed by atoms with van der Waals surface area (Å²) in [5.41, 5.74) is 0.366. The van der Waals surface area contributed by atoms with Gasteiger partial charge in [-0.15, -0.1) is 0 Å². The molecule has 136 valence electrons. The number of carbonyl (C=O) groups is 1. The number of likely N-dealkylation sites (tertiary alicyclic amines) is 1. The number of hydrogen-bond donors (Lipinski definition) is 0. The molecule has 2 fully saturated rings. The maximum absolute atomic E-state index is 12.4. The van der Waals surface area contributed by atoms with E-state index >= 15 is 0 Å². The smallest absolute Gasteiger partial charge is 0.255 e. The van der Waals surface area contributed by atoms with E-state index in [1.807, 2.05) is 4.90 Å². The summed E-state index contributed by atoms with van der Waals surface area (Å²) in [5.74, 6) is 1.07. The lowest BCUT2D eigenvalue weighted by Gasteiger charge is -2.53. The van der Waals surface area contributed by atoms with Crippen molar-refractivity contribution in [2.45, 2.75) is 24.9 Å². The fourth-order valence-electron chi connectivity index (χ4n) is 3.68. The largest absolute Gasteiger partial charge is 0.477 e. The summed E-state index contributed by atoms with van der Waals surface area (Å²) < 4.78 is 11.7. The van der Waals surface area contributed by atoms with E-state index in [9.17, 15) is 4.79 Å². The highest BCUT2D eigenvalue weighted by atomic mass is 16.5. The van der Waals surface area contributed by atoms with E-state index in [4.69, 9.17) is 9.47 Å². The first-order valence-corrected chi connectivity index (χ1v) is 8.83. The van der Waals surface area contributed by atoms with Crippen LogP contribution in [-0.2, 0) is 4.74 Å². The Morgan fingerprint density at radius 1 is 1.27 bits per heavy atom. The second-order valence-corrected chi connectivity index (χ2v) is 6.86. The highest BCUT2D eigenvalue weighted by Crippen LogP contribution is 2.38. The summed E-state index contributed by atoms with van der Waals surface area (Å²) >= 11 is 0. The van der Waals surface area contributed by atoms with Crippen LogP contribution >= 0.6 is 0 Å². The lowest BCUT2D eigenvalue weighted by molar-refractivity contribution is -0.166. The summed E-state index contributed by atoms with van der Waals surface area (Å²) in [6.45, 7) is 2.62. The molecule has 2 aliphatic heterocycles. The summed E-state index contributed by atoms with van der Waals surface area (Å²) in [6.07, 6.45) is 10.8. The molecule has 8 nitrogen and oxygen atoms in total. The van der Waals surface area contributed by atoms with E-state index in [2.05, 4.69) is 20.2 Å². The maximum Gasteiger partial charge on any atom is 0.255 e. The Labute approximate surface area is 151 Å². The van der Waals surface area contributed by atoms with Crippen molar-refractivity contribution >= 4 is 5.91 Å². The van der Waals surface area contributed by atoms with Gasteiger partial charge < -0.3 is 14.4 Å². The zero-order chi connectivity index (χ0) is 17.8. The minimum atomic E-state index is -0.203. The molecule has 0 N–H and O–H groups in total. The molecular formula is C18H21N5O3. The van der Waals surface area contributed by atoms with Crippen LogP contribution in [0.5, 0.6) is 5.88 Å². The molecule has 2 aliphatic rings. The molecule has 0 bridgehead atoms. The van der Waals surface area contributed by atoms with Crippen molar-refractivity contribution in [1.82, 2.24) is 25.1 Å². The second kappa shape index (κ2) is 7.33. The van der Waals surface area contributed by atoms with Gasteiger partial charge in [0.05, 0.1) is 43.9 Å². The molecule has 0 aliphatic carbocycles. The molecule has 1 amide bonds. The molecule has 0 unspecified atom stereocenters. The van der Waals surface area contributed by atoms with Gasteiger partial charge in [-0.2, -0.15) is 10.2 Å². The first-order valence-electron chi connectivity index (χ1n) is 8.83. The first kappa shape index (κ1) is 16.8. The van der Waals surface area contributed by atoms with Crippen LogP contribution in [0.1, 0.15) is 29.6 Å². The first-order chi connectivity index (χ1) is 12.7. The minimum Gasteiger partial charge on any atom is -0.477 e. The van der Waals surface area contributed by atoms with Crippen LogP contribution in [-0.4, -0.2) is 62.9 Å². The van der Waals surface area contributed by atoms with Gasteiger partial charge in [-0.05, 0) is 31.2 Å². The molecule has 4 rings (SSSR count). The van der Waals surface area contributed by atoms with Crippen LogP contribution < -0.4 is 4.74 Å². The predicted octanol–water partition coefficient (Wildman–Crippen LogP) is 1.36. The topological polar surface area (TPSA) is 90.3 Å². The normalized spacial score (nSPS) is 21.2. The van der Waals surface area contributed by atoms with E-state index in [1.54, 1.807) is 24.7 Å². The van der Waals surface area contributed by atoms with Crippen molar-refractivity contribution in [3.05, 3.63) is 42.6 Å². The quantitative estimate of drug-likeness (QED) is 0.800. The maximum atomic E-state index is 12.4. The van der Waals surface area contributed by atoms with E-state index in [1.165, 1.54) is 12.4 Å². The molecule has 0 radical (unpaired) electrons. The lowest BCUT2D eigenvalue weighted by Crippen LogP contribution is -2.66. The molecular weight excluding hydrogens is 334 g/mol. The number of rotatable bonds is 5. The molecule has 0 aromatic carbocycles. The van der Waals surface area contributed by atoms with Gasteiger partial charge in [0.1, 0.15) is 5.60 Å². The van der Waals surface area contributed by atoms with Crippen LogP contribution in [0.4, 0.5) is 0 Å². The Balaban J connectivity index is 1.26. The Morgan fingerprint density at radius 3 is 2.96 bits per heavy atom. The van der Waals surface area contributed by atoms with Crippen molar-refractivity contribution in [2.75, 3.05) is 26.3 Å². The van der Waals surface area contributed by atoms with Gasteiger partial charge in [0.15, 0.2) is 0 Å². The van der Waals surface area contributed by atoms with Gasteiger partial charge in [0, 0.05) is 19.0 Å². The fraction of sp³-hybridized carbons (Fsp3) is 0.500. The molecule has 2 aromatic rings. The van der Waals surface area contributed by atoms with Crippen molar-refractivity contribution in [3.63, 3.8) is 0 Å². The molecule has 26 heavy (non-hydrogen) atoms. The zero-order valence-corrected chi connectivity index (χ0v) is 14.5. The zero-order valence-electron chi connectivity index (χ0n) is 14.5. The van der Waals surface area contributed by atoms with Crippen molar-refractivity contribution in [3.8, 4) is 5.88 Å². The summed E-state index contributed by atoms with van der Waals surface area (Å²) in [4.78, 5) is 22.4. The molecule has 1 atom stereocenters. The van der Waals surface area contributed by atoms with Crippen molar-refractivity contribution in [1.29, 1.82) is 0 Å². The van der Waals surface area contributed by atoms with Crippen molar-refractivity contribution in [2.24, 2.45) is 5.92 Å². The summed E-state index contributed by atoms with van der Waals surface area (Å²) in [5, 5.41) is 7.48. The highest BCUT2D eigenvalue weighted by molar-refractivity contribution is 5.94. The van der Waals surface area contributed by atoms with Gasteiger partial charge in [0.25, 0.3) is 5.91 Å². The van der Waals surface area contributed by atoms with Gasteiger partial charge in [-0.1, -0.05) is 0 Å². The monoisotopic (exact) mass is 355 g/mol. The Morgan fingerprint density at radius 2 is 2.19 bits per heavy atom. The predicted molar refractivity (Wildman–Crippen MR) is 91.5 cm³/mol.